The van der Waals surface area contributed by atoms with Crippen molar-refractivity contribution < 1.29 is 9.90 Å². The lowest BCUT2D eigenvalue weighted by atomic mass is 10.1. The highest BCUT2D eigenvalue weighted by Gasteiger charge is 2.01. The molecule has 0 saturated carbocycles. The SMILES string of the molecule is O=C(O)CCCc1ccc(Cl)c(Br)c1. The van der Waals surface area contributed by atoms with Gasteiger partial charge in [0.15, 0.2) is 0 Å². The predicted molar refractivity (Wildman–Crippen MR) is 59.7 cm³/mol. The molecule has 76 valence electrons. The van der Waals surface area contributed by atoms with Crippen LogP contribution < -0.4 is 0 Å². The highest BCUT2D eigenvalue weighted by atomic mass is 79.9. The smallest absolute Gasteiger partial charge is 0.303 e. The monoisotopic (exact) mass is 276 g/mol. The van der Waals surface area contributed by atoms with E-state index in [2.05, 4.69) is 15.9 Å². The number of halogens is 2. The molecule has 2 nitrogen and oxygen atoms in total. The highest BCUT2D eigenvalue weighted by molar-refractivity contribution is 9.10. The van der Waals surface area contributed by atoms with E-state index < -0.39 is 5.97 Å². The average Bonchev–Trinajstić information content (AvgIpc) is 2.10. The van der Waals surface area contributed by atoms with Crippen LogP contribution in [-0.2, 0) is 11.2 Å². The van der Waals surface area contributed by atoms with E-state index in [1.807, 2.05) is 18.2 Å². The number of aryl methyl sites for hydroxylation is 1. The lowest BCUT2D eigenvalue weighted by Gasteiger charge is -2.01. The second-order valence-electron chi connectivity index (χ2n) is 3.00. The topological polar surface area (TPSA) is 37.3 Å². The van der Waals surface area contributed by atoms with E-state index >= 15 is 0 Å². The summed E-state index contributed by atoms with van der Waals surface area (Å²) in [4.78, 5) is 10.3. The first-order chi connectivity index (χ1) is 6.59. The first-order valence-electron chi connectivity index (χ1n) is 4.25. The molecule has 0 aliphatic heterocycles. The molecule has 0 aliphatic rings. The minimum atomic E-state index is -0.752. The fourth-order valence-electron chi connectivity index (χ4n) is 1.14. The summed E-state index contributed by atoms with van der Waals surface area (Å²) >= 11 is 9.14. The van der Waals surface area contributed by atoms with Crippen molar-refractivity contribution in [2.75, 3.05) is 0 Å². The van der Waals surface area contributed by atoms with E-state index in [0.29, 0.717) is 11.4 Å². The molecule has 0 radical (unpaired) electrons. The molecule has 0 aliphatic carbocycles. The molecular weight excluding hydrogens is 267 g/mol. The molecule has 1 N–H and O–H groups in total. The highest BCUT2D eigenvalue weighted by Crippen LogP contribution is 2.23. The lowest BCUT2D eigenvalue weighted by molar-refractivity contribution is -0.137. The minimum Gasteiger partial charge on any atom is -0.481 e. The Hall–Kier alpha value is -0.540. The maximum absolute atomic E-state index is 10.3. The molecule has 0 fully saturated rings. The fourth-order valence-corrected chi connectivity index (χ4v) is 1.68. The van der Waals surface area contributed by atoms with Crippen molar-refractivity contribution in [2.24, 2.45) is 0 Å². The number of rotatable bonds is 4. The maximum Gasteiger partial charge on any atom is 0.303 e. The average molecular weight is 278 g/mol. The number of hydrogen-bond acceptors (Lipinski definition) is 1. The van der Waals surface area contributed by atoms with Gasteiger partial charge in [-0.05, 0) is 46.5 Å². The summed E-state index contributed by atoms with van der Waals surface area (Å²) in [5.74, 6) is -0.752. The fraction of sp³-hybridized carbons (Fsp3) is 0.300. The van der Waals surface area contributed by atoms with Gasteiger partial charge in [-0.15, -0.1) is 0 Å². The van der Waals surface area contributed by atoms with Crippen LogP contribution in [0.5, 0.6) is 0 Å². The molecule has 0 aromatic heterocycles. The third-order valence-corrected chi connectivity index (χ3v) is 3.05. The third-order valence-electron chi connectivity index (χ3n) is 1.84. The maximum atomic E-state index is 10.3. The van der Waals surface area contributed by atoms with E-state index in [4.69, 9.17) is 16.7 Å². The Kier molecular flexibility index (Phi) is 4.42. The van der Waals surface area contributed by atoms with Gasteiger partial charge in [-0.25, -0.2) is 0 Å². The summed E-state index contributed by atoms with van der Waals surface area (Å²) in [6.07, 6.45) is 1.63. The van der Waals surface area contributed by atoms with Gasteiger partial charge < -0.3 is 5.11 Å². The van der Waals surface area contributed by atoms with Gasteiger partial charge in [0, 0.05) is 10.9 Å². The summed E-state index contributed by atoms with van der Waals surface area (Å²) in [6, 6.07) is 5.64. The Morgan fingerprint density at radius 3 is 2.79 bits per heavy atom. The van der Waals surface area contributed by atoms with Gasteiger partial charge in [0.2, 0.25) is 0 Å². The number of carboxylic acid groups (broad SMARTS) is 1. The molecule has 0 heterocycles. The van der Waals surface area contributed by atoms with E-state index in [9.17, 15) is 4.79 Å². The summed E-state index contributed by atoms with van der Waals surface area (Å²) in [5.41, 5.74) is 1.10. The van der Waals surface area contributed by atoms with Crippen molar-refractivity contribution in [1.82, 2.24) is 0 Å². The van der Waals surface area contributed by atoms with Crippen LogP contribution in [0.3, 0.4) is 0 Å². The zero-order chi connectivity index (χ0) is 10.6. The van der Waals surface area contributed by atoms with E-state index in [1.54, 1.807) is 0 Å². The van der Waals surface area contributed by atoms with Gasteiger partial charge in [0.1, 0.15) is 0 Å². The Bertz CT molecular complexity index is 339. The van der Waals surface area contributed by atoms with Gasteiger partial charge in [-0.1, -0.05) is 17.7 Å². The molecule has 0 atom stereocenters. The Morgan fingerprint density at radius 2 is 2.21 bits per heavy atom. The van der Waals surface area contributed by atoms with Crippen LogP contribution in [-0.4, -0.2) is 11.1 Å². The Morgan fingerprint density at radius 1 is 1.50 bits per heavy atom. The lowest BCUT2D eigenvalue weighted by Crippen LogP contribution is -1.95. The minimum absolute atomic E-state index is 0.209. The molecule has 14 heavy (non-hydrogen) atoms. The van der Waals surface area contributed by atoms with Crippen molar-refractivity contribution in [3.8, 4) is 0 Å². The van der Waals surface area contributed by atoms with Crippen LogP contribution in [0.15, 0.2) is 22.7 Å². The third kappa shape index (κ3) is 3.68. The van der Waals surface area contributed by atoms with Crippen LogP contribution in [0.1, 0.15) is 18.4 Å². The molecule has 0 saturated heterocycles. The predicted octanol–water partition coefficient (Wildman–Crippen LogP) is 3.51. The summed E-state index contributed by atoms with van der Waals surface area (Å²) < 4.78 is 0.854. The van der Waals surface area contributed by atoms with Crippen molar-refractivity contribution in [2.45, 2.75) is 19.3 Å². The number of aliphatic carboxylic acids is 1. The molecule has 0 unspecified atom stereocenters. The molecular formula is C10H10BrClO2. The number of hydrogen-bond donors (Lipinski definition) is 1. The first kappa shape index (κ1) is 11.5. The summed E-state index contributed by atoms with van der Waals surface area (Å²) in [5, 5.41) is 9.13. The Balaban J connectivity index is 2.51. The van der Waals surface area contributed by atoms with Crippen LogP contribution in [0.4, 0.5) is 0 Å². The van der Waals surface area contributed by atoms with E-state index in [-0.39, 0.29) is 6.42 Å². The molecule has 1 rings (SSSR count). The first-order valence-corrected chi connectivity index (χ1v) is 5.42. The molecule has 1 aromatic carbocycles. The van der Waals surface area contributed by atoms with Gasteiger partial charge >= 0.3 is 5.97 Å². The number of benzene rings is 1. The van der Waals surface area contributed by atoms with Crippen LogP contribution in [0.2, 0.25) is 5.02 Å². The Labute approximate surface area is 96.0 Å². The number of carbonyl (C=O) groups is 1. The number of carboxylic acids is 1. The molecule has 0 spiro atoms. The van der Waals surface area contributed by atoms with Gasteiger partial charge in [0.05, 0.1) is 5.02 Å². The summed E-state index contributed by atoms with van der Waals surface area (Å²) in [6.45, 7) is 0. The quantitative estimate of drug-likeness (QED) is 0.914. The van der Waals surface area contributed by atoms with Crippen LogP contribution in [0, 0.1) is 0 Å². The zero-order valence-corrected chi connectivity index (χ0v) is 9.81. The molecule has 0 bridgehead atoms. The second-order valence-corrected chi connectivity index (χ2v) is 4.26. The van der Waals surface area contributed by atoms with Crippen LogP contribution >= 0.6 is 27.5 Å². The van der Waals surface area contributed by atoms with Crippen LogP contribution in [0.25, 0.3) is 0 Å². The van der Waals surface area contributed by atoms with Gasteiger partial charge in [-0.3, -0.25) is 4.79 Å². The van der Waals surface area contributed by atoms with Crippen molar-refractivity contribution in [3.63, 3.8) is 0 Å². The van der Waals surface area contributed by atoms with Crippen molar-refractivity contribution >= 4 is 33.5 Å². The molecule has 4 heteroatoms. The van der Waals surface area contributed by atoms with Gasteiger partial charge in [0.25, 0.3) is 0 Å². The summed E-state index contributed by atoms with van der Waals surface area (Å²) in [7, 11) is 0. The van der Waals surface area contributed by atoms with E-state index in [1.165, 1.54) is 0 Å². The van der Waals surface area contributed by atoms with Gasteiger partial charge in [-0.2, -0.15) is 0 Å². The van der Waals surface area contributed by atoms with Crippen molar-refractivity contribution in [1.29, 1.82) is 0 Å². The molecule has 1 aromatic rings. The standard InChI is InChI=1S/C10H10BrClO2/c11-8-6-7(4-5-9(8)12)2-1-3-10(13)14/h4-6H,1-3H2,(H,13,14). The molecule has 0 amide bonds. The largest absolute Gasteiger partial charge is 0.481 e. The second kappa shape index (κ2) is 5.37. The normalized spacial score (nSPS) is 10.1. The van der Waals surface area contributed by atoms with E-state index in [0.717, 1.165) is 16.5 Å². The van der Waals surface area contributed by atoms with Crippen molar-refractivity contribution in [3.05, 3.63) is 33.3 Å². The zero-order valence-electron chi connectivity index (χ0n) is 7.46.